The average Bonchev–Trinajstić information content (AvgIpc) is 2.55. The molecule has 6 heteroatoms. The summed E-state index contributed by atoms with van der Waals surface area (Å²) in [6.45, 7) is 5.74. The molecule has 1 atom stereocenters. The van der Waals surface area contributed by atoms with Crippen LogP contribution in [0.3, 0.4) is 0 Å². The molecule has 0 radical (unpaired) electrons. The van der Waals surface area contributed by atoms with Gasteiger partial charge in [0.05, 0.1) is 12.1 Å². The number of carbonyl (C=O) groups is 1. The molecule has 116 valence electrons. The molecule has 6 nitrogen and oxygen atoms in total. The number of hydrogen-bond donors (Lipinski definition) is 1. The van der Waals surface area contributed by atoms with E-state index in [9.17, 15) is 4.79 Å². The van der Waals surface area contributed by atoms with E-state index in [2.05, 4.69) is 20.2 Å². The molecule has 0 spiro atoms. The average molecular weight is 292 g/mol. The Labute approximate surface area is 125 Å². The molecule has 1 amide bonds. The van der Waals surface area contributed by atoms with Crippen LogP contribution in [0.5, 0.6) is 0 Å². The number of hydrogen-bond acceptors (Lipinski definition) is 5. The first kappa shape index (κ1) is 15.7. The second kappa shape index (κ2) is 8.56. The molecule has 1 saturated heterocycles. The highest BCUT2D eigenvalue weighted by Crippen LogP contribution is 2.20. The number of ether oxygens (including phenoxy) is 1. The molecule has 2 heterocycles. The molecule has 1 fully saturated rings. The molecule has 1 aliphatic rings. The van der Waals surface area contributed by atoms with Crippen LogP contribution in [0, 0.1) is 5.92 Å². The van der Waals surface area contributed by atoms with Gasteiger partial charge in [-0.25, -0.2) is 4.98 Å². The Morgan fingerprint density at radius 1 is 1.52 bits per heavy atom. The molecule has 0 aromatic carbocycles. The Hall–Kier alpha value is -1.69. The van der Waals surface area contributed by atoms with Crippen LogP contribution in [0.2, 0.25) is 0 Å². The Balaban J connectivity index is 1.76. The lowest BCUT2D eigenvalue weighted by atomic mass is 9.97. The lowest BCUT2D eigenvalue weighted by Crippen LogP contribution is -2.43. The highest BCUT2D eigenvalue weighted by atomic mass is 16.5. The molecule has 1 aromatic heterocycles. The van der Waals surface area contributed by atoms with E-state index in [4.69, 9.17) is 4.74 Å². The van der Waals surface area contributed by atoms with Crippen molar-refractivity contribution in [2.24, 2.45) is 5.92 Å². The summed E-state index contributed by atoms with van der Waals surface area (Å²) in [6.07, 6.45) is 7.91. The van der Waals surface area contributed by atoms with Gasteiger partial charge in [0.2, 0.25) is 5.91 Å². The van der Waals surface area contributed by atoms with Gasteiger partial charge in [0.1, 0.15) is 5.82 Å². The highest BCUT2D eigenvalue weighted by Gasteiger charge is 2.26. The van der Waals surface area contributed by atoms with E-state index in [1.807, 2.05) is 6.92 Å². The molecule has 0 aliphatic carbocycles. The zero-order valence-electron chi connectivity index (χ0n) is 12.6. The van der Waals surface area contributed by atoms with E-state index in [1.54, 1.807) is 18.6 Å². The minimum atomic E-state index is 0.0350. The SMILES string of the molecule is CCOCCCNC(=O)[C@@H]1CCCN(c2cnccn2)C1. The monoisotopic (exact) mass is 292 g/mol. The van der Waals surface area contributed by atoms with Crippen LogP contribution in [0.1, 0.15) is 26.2 Å². The van der Waals surface area contributed by atoms with Gasteiger partial charge in [-0.05, 0) is 26.2 Å². The van der Waals surface area contributed by atoms with Gasteiger partial charge in [-0.2, -0.15) is 0 Å². The number of amides is 1. The van der Waals surface area contributed by atoms with Crippen LogP contribution in [0.4, 0.5) is 5.82 Å². The topological polar surface area (TPSA) is 67.3 Å². The molecule has 1 aliphatic heterocycles. The summed E-state index contributed by atoms with van der Waals surface area (Å²) in [5, 5.41) is 3.00. The lowest BCUT2D eigenvalue weighted by molar-refractivity contribution is -0.125. The van der Waals surface area contributed by atoms with Crippen molar-refractivity contribution in [3.8, 4) is 0 Å². The number of nitrogens with one attached hydrogen (secondary N) is 1. The van der Waals surface area contributed by atoms with Crippen molar-refractivity contribution >= 4 is 11.7 Å². The summed E-state index contributed by atoms with van der Waals surface area (Å²) in [5.74, 6) is 1.03. The smallest absolute Gasteiger partial charge is 0.224 e. The first-order chi connectivity index (χ1) is 10.3. The lowest BCUT2D eigenvalue weighted by Gasteiger charge is -2.32. The molecular formula is C15H24N4O2. The van der Waals surface area contributed by atoms with Gasteiger partial charge in [0.15, 0.2) is 0 Å². The van der Waals surface area contributed by atoms with Crippen molar-refractivity contribution in [3.05, 3.63) is 18.6 Å². The number of anilines is 1. The zero-order chi connectivity index (χ0) is 14.9. The van der Waals surface area contributed by atoms with Crippen molar-refractivity contribution in [1.82, 2.24) is 15.3 Å². The third-order valence-electron chi connectivity index (χ3n) is 3.63. The predicted molar refractivity (Wildman–Crippen MR) is 81.1 cm³/mol. The minimum absolute atomic E-state index is 0.0350. The van der Waals surface area contributed by atoms with Crippen LogP contribution in [0.15, 0.2) is 18.6 Å². The van der Waals surface area contributed by atoms with Crippen molar-refractivity contribution < 1.29 is 9.53 Å². The molecule has 21 heavy (non-hydrogen) atoms. The first-order valence-electron chi connectivity index (χ1n) is 7.67. The van der Waals surface area contributed by atoms with Crippen LogP contribution in [-0.4, -0.2) is 48.7 Å². The van der Waals surface area contributed by atoms with Gasteiger partial charge in [0, 0.05) is 45.2 Å². The largest absolute Gasteiger partial charge is 0.382 e. The minimum Gasteiger partial charge on any atom is -0.382 e. The second-order valence-corrected chi connectivity index (χ2v) is 5.19. The van der Waals surface area contributed by atoms with E-state index >= 15 is 0 Å². The predicted octanol–water partition coefficient (Wildman–Crippen LogP) is 1.24. The second-order valence-electron chi connectivity index (χ2n) is 5.19. The maximum absolute atomic E-state index is 12.2. The third-order valence-corrected chi connectivity index (χ3v) is 3.63. The van der Waals surface area contributed by atoms with E-state index < -0.39 is 0 Å². The maximum Gasteiger partial charge on any atom is 0.224 e. The first-order valence-corrected chi connectivity index (χ1v) is 7.67. The molecule has 0 bridgehead atoms. The van der Waals surface area contributed by atoms with Crippen molar-refractivity contribution in [3.63, 3.8) is 0 Å². The van der Waals surface area contributed by atoms with Crippen molar-refractivity contribution in [1.29, 1.82) is 0 Å². The van der Waals surface area contributed by atoms with E-state index in [0.29, 0.717) is 13.2 Å². The molecule has 2 rings (SSSR count). The molecule has 1 N–H and O–H groups in total. The van der Waals surface area contributed by atoms with Crippen LogP contribution in [-0.2, 0) is 9.53 Å². The summed E-state index contributed by atoms with van der Waals surface area (Å²) in [6, 6.07) is 0. The maximum atomic E-state index is 12.2. The van der Waals surface area contributed by atoms with Crippen molar-refractivity contribution in [2.75, 3.05) is 37.7 Å². The quantitative estimate of drug-likeness (QED) is 0.766. The molecule has 0 saturated carbocycles. The third kappa shape index (κ3) is 4.97. The number of carbonyl (C=O) groups excluding carboxylic acids is 1. The Morgan fingerprint density at radius 2 is 2.43 bits per heavy atom. The van der Waals surface area contributed by atoms with Gasteiger partial charge in [0.25, 0.3) is 0 Å². The fraction of sp³-hybridized carbons (Fsp3) is 0.667. The summed E-state index contributed by atoms with van der Waals surface area (Å²) in [4.78, 5) is 22.7. The molecule has 1 aromatic rings. The number of aromatic nitrogens is 2. The summed E-state index contributed by atoms with van der Waals surface area (Å²) < 4.78 is 5.26. The van der Waals surface area contributed by atoms with Gasteiger partial charge in [-0.1, -0.05) is 0 Å². The number of piperidine rings is 1. The fourth-order valence-electron chi connectivity index (χ4n) is 2.53. The highest BCUT2D eigenvalue weighted by molar-refractivity contribution is 5.79. The number of nitrogens with zero attached hydrogens (tertiary/aromatic N) is 3. The van der Waals surface area contributed by atoms with Crippen LogP contribution < -0.4 is 10.2 Å². The Morgan fingerprint density at radius 3 is 3.19 bits per heavy atom. The summed E-state index contributed by atoms with van der Waals surface area (Å²) in [7, 11) is 0. The summed E-state index contributed by atoms with van der Waals surface area (Å²) in [5.41, 5.74) is 0. The molecule has 0 unspecified atom stereocenters. The van der Waals surface area contributed by atoms with E-state index in [0.717, 1.165) is 44.8 Å². The zero-order valence-corrected chi connectivity index (χ0v) is 12.6. The van der Waals surface area contributed by atoms with Gasteiger partial charge in [-0.3, -0.25) is 9.78 Å². The fourth-order valence-corrected chi connectivity index (χ4v) is 2.53. The van der Waals surface area contributed by atoms with Gasteiger partial charge >= 0.3 is 0 Å². The van der Waals surface area contributed by atoms with Crippen molar-refractivity contribution in [2.45, 2.75) is 26.2 Å². The van der Waals surface area contributed by atoms with E-state index in [1.165, 1.54) is 0 Å². The summed E-state index contributed by atoms with van der Waals surface area (Å²) >= 11 is 0. The Kier molecular flexibility index (Phi) is 6.40. The van der Waals surface area contributed by atoms with Crippen LogP contribution >= 0.6 is 0 Å². The standard InChI is InChI=1S/C15H24N4O2/c1-2-21-10-4-6-18-15(20)13-5-3-9-19(12-13)14-11-16-7-8-17-14/h7-8,11,13H,2-6,9-10,12H2,1H3,(H,18,20)/t13-/m1/s1. The van der Waals surface area contributed by atoms with Crippen LogP contribution in [0.25, 0.3) is 0 Å². The molecular weight excluding hydrogens is 268 g/mol. The van der Waals surface area contributed by atoms with Gasteiger partial charge in [-0.15, -0.1) is 0 Å². The Bertz CT molecular complexity index is 427. The van der Waals surface area contributed by atoms with E-state index in [-0.39, 0.29) is 11.8 Å². The van der Waals surface area contributed by atoms with Gasteiger partial charge < -0.3 is 15.0 Å². The number of rotatable bonds is 7. The normalized spacial score (nSPS) is 18.5.